The zero-order chi connectivity index (χ0) is 84.1. The lowest BCUT2D eigenvalue weighted by molar-refractivity contribution is 0.444. The second kappa shape index (κ2) is 29.4. The van der Waals surface area contributed by atoms with Crippen molar-refractivity contribution in [2.45, 2.75) is 26.2 Å². The molecule has 9 heteroatoms. The molecular weight excluding hydrogens is 1540 g/mol. The molecule has 0 aromatic heterocycles. The largest absolute Gasteiger partial charge is 0.459 e. The molecule has 0 atom stereocenters. The SMILES string of the molecule is CC(C)(C)c1cc2c3c(c1)N(c1c(-c4ccccc4)cc(-c4ccccc4)cc1-c1ccccc1)c1cc4c5c(c1B3c1ccc(-c3ccccc3)cc1N2c1c(-c2ccccc2)cc(-c2ccccc2)cc1-c1ccccc1)Oc1cc2c3c(c1B5c1ccc(-c5ccccc5)cc1O4)Oc1cc(-c4ccccc4)ccc1B3c1ccc(-c3ccccc3)cc1O2. The second-order valence-corrected chi connectivity index (χ2v) is 35.2. The van der Waals surface area contributed by atoms with Crippen LogP contribution in [0.4, 0.5) is 34.1 Å². The molecule has 25 rings (SSSR count). The summed E-state index contributed by atoms with van der Waals surface area (Å²) in [5.74, 6) is 5.70. The minimum Gasteiger partial charge on any atom is -0.459 e. The minimum absolute atomic E-state index is 0.296. The van der Waals surface area contributed by atoms with E-state index in [1.807, 2.05) is 0 Å². The highest BCUT2D eigenvalue weighted by molar-refractivity contribution is 7.04. The molecule has 0 saturated heterocycles. The van der Waals surface area contributed by atoms with Crippen LogP contribution in [-0.2, 0) is 5.41 Å². The molecule has 0 spiro atoms. The molecular formula is C118H79B3N2O4. The number of fused-ring (bicyclic) bond motifs is 14. The third kappa shape index (κ3) is 12.1. The summed E-state index contributed by atoms with van der Waals surface area (Å²) < 4.78 is 32.2. The maximum atomic E-state index is 8.59. The van der Waals surface area contributed by atoms with E-state index in [-0.39, 0.29) is 6.71 Å². The van der Waals surface area contributed by atoms with Crippen LogP contribution in [0.1, 0.15) is 26.3 Å². The molecule has 0 aliphatic carbocycles. The standard InChI is InChI=1S/C118H79B3N2O4/c1-118(2,3)90-70-100-109-101(71-90)123(115-93(82-50-30-12-31-51-82)64-89(79-44-24-9-25-45-79)65-94(115)83-52-32-13-33-53-83)102-72-106-112-116(110(102)120(109)95-58-54-84(74-34-14-4-15-35-74)66-99(95)122(100)114-91(80-46-26-10-27-47-80)62-88(78-42-22-8-23-43-78)63-92(114)81-48-28-11-29-49-81)127-108-73-107-111-117(113(108)121(112)98-61-57-86(68-104(98)124-106)76-38-18-6-19-39-76)126-105-69-87(77-40-20-7-21-41-77)56-60-97(105)119(111)96-59-55-85(67-103(96)125-107)75-36-16-5-17-37-75/h4-73H,1-3H3. The summed E-state index contributed by atoms with van der Waals surface area (Å²) in [6.45, 7) is 5.75. The molecule has 0 saturated carbocycles. The number of anilines is 6. The van der Waals surface area contributed by atoms with E-state index < -0.39 is 18.8 Å². The van der Waals surface area contributed by atoms with Crippen LogP contribution in [0.25, 0.3) is 111 Å². The Kier molecular flexibility index (Phi) is 17.1. The van der Waals surface area contributed by atoms with Crippen LogP contribution >= 0.6 is 0 Å². The molecule has 0 fully saturated rings. The molecule has 6 aliphatic heterocycles. The van der Waals surface area contributed by atoms with Gasteiger partial charge in [-0.1, -0.05) is 373 Å². The lowest BCUT2D eigenvalue weighted by Crippen LogP contribution is -2.66. The number of rotatable bonds is 12. The molecule has 19 aromatic carbocycles. The Morgan fingerprint density at radius 3 is 0.827 bits per heavy atom. The summed E-state index contributed by atoms with van der Waals surface area (Å²) in [6.07, 6.45) is 0. The van der Waals surface area contributed by atoms with Crippen LogP contribution in [0.15, 0.2) is 425 Å². The molecule has 127 heavy (non-hydrogen) atoms. The van der Waals surface area contributed by atoms with Gasteiger partial charge in [-0.25, -0.2) is 0 Å². The molecule has 19 aromatic rings. The van der Waals surface area contributed by atoms with Crippen molar-refractivity contribution in [1.29, 1.82) is 0 Å². The monoisotopic (exact) mass is 1620 g/mol. The summed E-state index contributed by atoms with van der Waals surface area (Å²) >= 11 is 0. The zero-order valence-electron chi connectivity index (χ0n) is 70.2. The van der Waals surface area contributed by atoms with Gasteiger partial charge in [-0.15, -0.1) is 0 Å². The lowest BCUT2D eigenvalue weighted by Gasteiger charge is -2.48. The minimum atomic E-state index is -0.540. The van der Waals surface area contributed by atoms with Crippen LogP contribution < -0.4 is 77.9 Å². The average Bonchev–Trinajstić information content (AvgIpc) is 0.669. The van der Waals surface area contributed by atoms with Gasteiger partial charge in [0.2, 0.25) is 0 Å². The van der Waals surface area contributed by atoms with Gasteiger partial charge in [0.05, 0.1) is 11.4 Å². The van der Waals surface area contributed by atoms with E-state index in [9.17, 15) is 0 Å². The number of hydrogen-bond acceptors (Lipinski definition) is 6. The Morgan fingerprint density at radius 1 is 0.189 bits per heavy atom. The molecule has 0 unspecified atom stereocenters. The van der Waals surface area contributed by atoms with Crippen molar-refractivity contribution < 1.29 is 18.9 Å². The van der Waals surface area contributed by atoms with E-state index in [2.05, 4.69) is 455 Å². The first kappa shape index (κ1) is 73.9. The third-order valence-corrected chi connectivity index (χ3v) is 26.8. The normalized spacial score (nSPS) is 13.0. The van der Waals surface area contributed by atoms with Crippen molar-refractivity contribution >= 4 is 103 Å². The van der Waals surface area contributed by atoms with E-state index in [0.29, 0.717) is 28.7 Å². The summed E-state index contributed by atoms with van der Waals surface area (Å²) in [5.41, 5.74) is 37.5. The molecule has 594 valence electrons. The van der Waals surface area contributed by atoms with E-state index >= 15 is 0 Å². The van der Waals surface area contributed by atoms with E-state index in [0.717, 1.165) is 217 Å². The fourth-order valence-corrected chi connectivity index (χ4v) is 20.9. The van der Waals surface area contributed by atoms with Gasteiger partial charge in [0.15, 0.2) is 0 Å². The Hall–Kier alpha value is -15.8. The predicted octanol–water partition coefficient (Wildman–Crippen LogP) is 25.2. The van der Waals surface area contributed by atoms with Gasteiger partial charge >= 0.3 is 0 Å². The Morgan fingerprint density at radius 2 is 0.457 bits per heavy atom. The smallest absolute Gasteiger partial charge is 0.265 e. The number of hydrogen-bond donors (Lipinski definition) is 0. The lowest BCUT2D eigenvalue weighted by atomic mass is 9.29. The summed E-state index contributed by atoms with van der Waals surface area (Å²) in [5, 5.41) is 0. The maximum Gasteiger partial charge on any atom is 0.265 e. The highest BCUT2D eigenvalue weighted by Crippen LogP contribution is 2.58. The third-order valence-electron chi connectivity index (χ3n) is 26.8. The summed E-state index contributed by atoms with van der Waals surface area (Å²) in [6, 6.07) is 156. The molecule has 0 radical (unpaired) electrons. The van der Waals surface area contributed by atoms with Crippen LogP contribution in [0.3, 0.4) is 0 Å². The maximum absolute atomic E-state index is 8.59. The molecule has 6 heterocycles. The van der Waals surface area contributed by atoms with Gasteiger partial charge in [0, 0.05) is 73.5 Å². The second-order valence-electron chi connectivity index (χ2n) is 35.2. The molecule has 0 amide bonds. The van der Waals surface area contributed by atoms with Crippen molar-refractivity contribution in [2.75, 3.05) is 9.80 Å². The van der Waals surface area contributed by atoms with Gasteiger partial charge in [-0.2, -0.15) is 0 Å². The number of benzene rings is 19. The van der Waals surface area contributed by atoms with Crippen molar-refractivity contribution in [3.63, 3.8) is 0 Å². The Balaban J connectivity index is 0.839. The predicted molar refractivity (Wildman–Crippen MR) is 529 cm³/mol. The molecule has 6 aliphatic rings. The Bertz CT molecular complexity index is 7520. The topological polar surface area (TPSA) is 43.4 Å². The molecule has 6 nitrogen and oxygen atoms in total. The first-order chi connectivity index (χ1) is 62.6. The fourth-order valence-electron chi connectivity index (χ4n) is 20.9. The average molecular weight is 1620 g/mol. The highest BCUT2D eigenvalue weighted by atomic mass is 16.5. The van der Waals surface area contributed by atoms with Gasteiger partial charge in [0.1, 0.15) is 46.0 Å². The van der Waals surface area contributed by atoms with E-state index in [4.69, 9.17) is 18.9 Å². The van der Waals surface area contributed by atoms with Gasteiger partial charge in [0.25, 0.3) is 20.1 Å². The van der Waals surface area contributed by atoms with Gasteiger partial charge < -0.3 is 28.7 Å². The van der Waals surface area contributed by atoms with Crippen molar-refractivity contribution in [1.82, 2.24) is 0 Å². The van der Waals surface area contributed by atoms with Crippen LogP contribution in [0.2, 0.25) is 0 Å². The molecule has 0 N–H and O–H groups in total. The summed E-state index contributed by atoms with van der Waals surface area (Å²) in [4.78, 5) is 5.33. The summed E-state index contributed by atoms with van der Waals surface area (Å²) in [7, 11) is 0. The quantitative estimate of drug-likeness (QED) is 0.114. The Labute approximate surface area is 740 Å². The van der Waals surface area contributed by atoms with Crippen LogP contribution in [0.5, 0.6) is 46.0 Å². The number of nitrogens with zero attached hydrogens (tertiary/aromatic N) is 2. The highest BCUT2D eigenvalue weighted by Gasteiger charge is 2.54. The first-order valence-electron chi connectivity index (χ1n) is 44.0. The van der Waals surface area contributed by atoms with Crippen molar-refractivity contribution in [2.24, 2.45) is 0 Å². The van der Waals surface area contributed by atoms with Crippen LogP contribution in [-0.4, -0.2) is 20.1 Å². The van der Waals surface area contributed by atoms with Crippen LogP contribution in [0, 0.1) is 0 Å². The fraction of sp³-hybridized carbons (Fsp3) is 0.0339. The molecule has 0 bridgehead atoms. The van der Waals surface area contributed by atoms with E-state index in [1.54, 1.807) is 0 Å². The van der Waals surface area contributed by atoms with Crippen molar-refractivity contribution in [3.8, 4) is 157 Å². The zero-order valence-corrected chi connectivity index (χ0v) is 70.2. The van der Waals surface area contributed by atoms with Gasteiger partial charge in [-0.3, -0.25) is 0 Å². The number of ether oxygens (including phenoxy) is 4. The van der Waals surface area contributed by atoms with Crippen molar-refractivity contribution in [3.05, 3.63) is 430 Å². The first-order valence-corrected chi connectivity index (χ1v) is 44.0. The van der Waals surface area contributed by atoms with E-state index in [1.165, 1.54) is 0 Å². The van der Waals surface area contributed by atoms with Gasteiger partial charge in [-0.05, 0) is 193 Å².